The first kappa shape index (κ1) is 22.4. The number of esters is 1. The normalized spacial score (nSPS) is 11.5. The van der Waals surface area contributed by atoms with Crippen LogP contribution in [0.15, 0.2) is 54.1 Å². The van der Waals surface area contributed by atoms with Gasteiger partial charge in [-0.15, -0.1) is 0 Å². The Morgan fingerprint density at radius 1 is 0.897 bits per heavy atom. The summed E-state index contributed by atoms with van der Waals surface area (Å²) >= 11 is 0. The molecule has 0 radical (unpaired) electrons. The Kier molecular flexibility index (Phi) is 6.69. The van der Waals surface area contributed by atoms with Gasteiger partial charge in [-0.2, -0.15) is 5.26 Å². The van der Waals surface area contributed by atoms with Crippen molar-refractivity contribution in [3.8, 4) is 6.07 Å². The summed E-state index contributed by atoms with van der Waals surface area (Å²) in [5.41, 5.74) is 4.51. The molecule has 0 aliphatic carbocycles. The van der Waals surface area contributed by atoms with Crippen LogP contribution in [0.25, 0.3) is 5.57 Å². The maximum absolute atomic E-state index is 12.6. The van der Waals surface area contributed by atoms with Gasteiger partial charge in [-0.3, -0.25) is 0 Å². The average Bonchev–Trinajstić information content (AvgIpc) is 2.65. The van der Waals surface area contributed by atoms with Crippen molar-refractivity contribution >= 4 is 11.5 Å². The molecule has 0 unspecified atom stereocenters. The van der Waals surface area contributed by atoms with Crippen LogP contribution >= 0.6 is 0 Å². The van der Waals surface area contributed by atoms with Crippen LogP contribution in [0.2, 0.25) is 0 Å². The minimum absolute atomic E-state index is 0.0315. The molecule has 0 N–H and O–H groups in total. The van der Waals surface area contributed by atoms with E-state index >= 15 is 0 Å². The third-order valence-electron chi connectivity index (χ3n) is 4.88. The number of nitriles is 1. The van der Waals surface area contributed by atoms with Gasteiger partial charge in [-0.1, -0.05) is 90.1 Å². The van der Waals surface area contributed by atoms with E-state index in [0.29, 0.717) is 5.57 Å². The van der Waals surface area contributed by atoms with Crippen molar-refractivity contribution in [2.24, 2.45) is 0 Å². The summed E-state index contributed by atoms with van der Waals surface area (Å²) in [6.45, 7) is 14.8. The third kappa shape index (κ3) is 5.35. The molecule has 152 valence electrons. The molecule has 2 aromatic rings. The first-order valence-corrected chi connectivity index (χ1v) is 10.0. The van der Waals surface area contributed by atoms with E-state index in [0.717, 1.165) is 22.3 Å². The van der Waals surface area contributed by atoms with Crippen LogP contribution in [-0.2, 0) is 20.4 Å². The summed E-state index contributed by atoms with van der Waals surface area (Å²) in [4.78, 5) is 12.6. The number of ether oxygens (including phenoxy) is 1. The van der Waals surface area contributed by atoms with E-state index in [-0.39, 0.29) is 23.0 Å². The molecular formula is C26H31NO2. The Bertz CT molecular complexity index is 904. The molecule has 2 rings (SSSR count). The SMILES string of the molecule is CCOC(=O)C(C#N)=C(c1cccc(C(C)(C)C)c1)c1cccc(C(C)(C)C)c1. The zero-order valence-electron chi connectivity index (χ0n) is 18.6. The summed E-state index contributed by atoms with van der Waals surface area (Å²) in [5.74, 6) is -0.590. The van der Waals surface area contributed by atoms with Gasteiger partial charge in [0.15, 0.2) is 0 Å². The lowest BCUT2D eigenvalue weighted by molar-refractivity contribution is -0.137. The predicted octanol–water partition coefficient (Wildman–Crippen LogP) is 6.17. The van der Waals surface area contributed by atoms with Gasteiger partial charge in [0.1, 0.15) is 11.6 Å². The molecule has 0 bridgehead atoms. The second-order valence-electron chi connectivity index (χ2n) is 9.24. The van der Waals surface area contributed by atoms with Crippen LogP contribution in [0, 0.1) is 11.3 Å². The van der Waals surface area contributed by atoms with Gasteiger partial charge in [0.2, 0.25) is 0 Å². The first-order valence-electron chi connectivity index (χ1n) is 10.0. The Morgan fingerprint density at radius 3 is 1.69 bits per heavy atom. The fourth-order valence-corrected chi connectivity index (χ4v) is 3.14. The summed E-state index contributed by atoms with van der Waals surface area (Å²) in [6.07, 6.45) is 0. The van der Waals surface area contributed by atoms with E-state index in [2.05, 4.69) is 71.9 Å². The standard InChI is InChI=1S/C26H31NO2/c1-8-29-24(28)22(17-27)23(18-11-9-13-20(15-18)25(2,3)4)19-12-10-14-21(16-19)26(5,6)7/h9-16H,8H2,1-7H3. The van der Waals surface area contributed by atoms with Crippen molar-refractivity contribution in [3.63, 3.8) is 0 Å². The van der Waals surface area contributed by atoms with Gasteiger partial charge >= 0.3 is 5.97 Å². The summed E-state index contributed by atoms with van der Waals surface area (Å²) in [6, 6.07) is 18.2. The first-order chi connectivity index (χ1) is 13.5. The van der Waals surface area contributed by atoms with E-state index < -0.39 is 5.97 Å². The van der Waals surface area contributed by atoms with Crippen molar-refractivity contribution in [1.29, 1.82) is 5.26 Å². The van der Waals surface area contributed by atoms with E-state index in [9.17, 15) is 10.1 Å². The molecule has 0 aromatic heterocycles. The van der Waals surface area contributed by atoms with Gasteiger partial charge < -0.3 is 4.74 Å². The highest BCUT2D eigenvalue weighted by Crippen LogP contribution is 2.33. The third-order valence-corrected chi connectivity index (χ3v) is 4.88. The Hall–Kier alpha value is -2.86. The molecule has 0 amide bonds. The van der Waals surface area contributed by atoms with Crippen molar-refractivity contribution in [3.05, 3.63) is 76.4 Å². The number of nitrogens with zero attached hydrogens (tertiary/aromatic N) is 1. The highest BCUT2D eigenvalue weighted by molar-refractivity contribution is 6.05. The molecule has 0 saturated carbocycles. The molecular weight excluding hydrogens is 358 g/mol. The highest BCUT2D eigenvalue weighted by atomic mass is 16.5. The average molecular weight is 390 g/mol. The highest BCUT2D eigenvalue weighted by Gasteiger charge is 2.23. The monoisotopic (exact) mass is 389 g/mol. The quantitative estimate of drug-likeness (QED) is 0.357. The molecule has 29 heavy (non-hydrogen) atoms. The molecule has 3 nitrogen and oxygen atoms in total. The maximum atomic E-state index is 12.6. The van der Waals surface area contributed by atoms with Crippen LogP contribution in [0.4, 0.5) is 0 Å². The van der Waals surface area contributed by atoms with Crippen LogP contribution in [0.5, 0.6) is 0 Å². The van der Waals surface area contributed by atoms with Crippen molar-refractivity contribution in [1.82, 2.24) is 0 Å². The molecule has 0 spiro atoms. The minimum Gasteiger partial charge on any atom is -0.462 e. The molecule has 0 atom stereocenters. The molecule has 0 aliphatic heterocycles. The minimum atomic E-state index is -0.590. The number of hydrogen-bond donors (Lipinski definition) is 0. The Labute approximate surface area is 175 Å². The molecule has 3 heteroatoms. The second kappa shape index (κ2) is 8.66. The molecule has 0 fully saturated rings. The lowest BCUT2D eigenvalue weighted by Gasteiger charge is -2.22. The lowest BCUT2D eigenvalue weighted by Crippen LogP contribution is -2.14. The number of hydrogen-bond acceptors (Lipinski definition) is 3. The predicted molar refractivity (Wildman–Crippen MR) is 119 cm³/mol. The zero-order valence-corrected chi connectivity index (χ0v) is 18.6. The Balaban J connectivity index is 2.82. The number of carbonyl (C=O) groups excluding carboxylic acids is 1. The molecule has 0 heterocycles. The van der Waals surface area contributed by atoms with Crippen molar-refractivity contribution < 1.29 is 9.53 Å². The fraction of sp³-hybridized carbons (Fsp3) is 0.385. The van der Waals surface area contributed by atoms with E-state index in [1.807, 2.05) is 24.3 Å². The number of benzene rings is 2. The van der Waals surface area contributed by atoms with Gasteiger partial charge in [0.25, 0.3) is 0 Å². The second-order valence-corrected chi connectivity index (χ2v) is 9.24. The molecule has 2 aromatic carbocycles. The number of rotatable bonds is 4. The van der Waals surface area contributed by atoms with Crippen molar-refractivity contribution in [2.45, 2.75) is 59.3 Å². The smallest absolute Gasteiger partial charge is 0.349 e. The van der Waals surface area contributed by atoms with Crippen LogP contribution in [-0.4, -0.2) is 12.6 Å². The maximum Gasteiger partial charge on any atom is 0.349 e. The number of carbonyl (C=O) groups is 1. The summed E-state index contributed by atoms with van der Waals surface area (Å²) in [7, 11) is 0. The lowest BCUT2D eigenvalue weighted by atomic mass is 9.82. The van der Waals surface area contributed by atoms with Crippen LogP contribution < -0.4 is 0 Å². The summed E-state index contributed by atoms with van der Waals surface area (Å²) in [5, 5.41) is 9.87. The van der Waals surface area contributed by atoms with E-state index in [1.54, 1.807) is 6.92 Å². The largest absolute Gasteiger partial charge is 0.462 e. The molecule has 0 saturated heterocycles. The molecule has 0 aliphatic rings. The van der Waals surface area contributed by atoms with Gasteiger partial charge in [-0.25, -0.2) is 4.79 Å². The van der Waals surface area contributed by atoms with Gasteiger partial charge in [-0.05, 0) is 40.0 Å². The van der Waals surface area contributed by atoms with Gasteiger partial charge in [0, 0.05) is 5.57 Å². The van der Waals surface area contributed by atoms with Crippen molar-refractivity contribution in [2.75, 3.05) is 6.61 Å². The van der Waals surface area contributed by atoms with E-state index in [4.69, 9.17) is 4.74 Å². The fourth-order valence-electron chi connectivity index (χ4n) is 3.14. The van der Waals surface area contributed by atoms with Crippen LogP contribution in [0.1, 0.15) is 70.7 Å². The zero-order chi connectivity index (χ0) is 21.8. The van der Waals surface area contributed by atoms with E-state index in [1.165, 1.54) is 0 Å². The topological polar surface area (TPSA) is 50.1 Å². The Morgan fingerprint density at radius 2 is 1.34 bits per heavy atom. The summed E-state index contributed by atoms with van der Waals surface area (Å²) < 4.78 is 5.19. The van der Waals surface area contributed by atoms with Gasteiger partial charge in [0.05, 0.1) is 6.61 Å². The van der Waals surface area contributed by atoms with Crippen LogP contribution in [0.3, 0.4) is 0 Å².